The van der Waals surface area contributed by atoms with Crippen LogP contribution in [0.25, 0.3) is 0 Å². The zero-order chi connectivity index (χ0) is 16.7. The van der Waals surface area contributed by atoms with E-state index in [2.05, 4.69) is 16.3 Å². The maximum atomic E-state index is 12.8. The van der Waals surface area contributed by atoms with Gasteiger partial charge in [0.05, 0.1) is 6.04 Å². The number of amides is 1. The van der Waals surface area contributed by atoms with Gasteiger partial charge in [0.25, 0.3) is 0 Å². The second-order valence-corrected chi connectivity index (χ2v) is 6.77. The van der Waals surface area contributed by atoms with Crippen molar-refractivity contribution in [1.29, 1.82) is 0 Å². The molecule has 0 unspecified atom stereocenters. The number of hydrogen-bond acceptors (Lipinski definition) is 4. The molecule has 0 aliphatic carbocycles. The van der Waals surface area contributed by atoms with Gasteiger partial charge in [0.1, 0.15) is 0 Å². The van der Waals surface area contributed by atoms with Crippen LogP contribution in [0.5, 0.6) is 0 Å². The van der Waals surface area contributed by atoms with Crippen LogP contribution in [-0.2, 0) is 17.8 Å². The van der Waals surface area contributed by atoms with Crippen molar-refractivity contribution in [3.05, 3.63) is 58.3 Å². The first-order valence-electron chi connectivity index (χ1n) is 7.80. The molecule has 1 amide bonds. The molecule has 0 fully saturated rings. The maximum absolute atomic E-state index is 12.8. The summed E-state index contributed by atoms with van der Waals surface area (Å²) in [6, 6.07) is 11.5. The summed E-state index contributed by atoms with van der Waals surface area (Å²) in [4.78, 5) is 16.7. The van der Waals surface area contributed by atoms with E-state index in [-0.39, 0.29) is 5.91 Å². The largest absolute Gasteiger partial charge is 0.336 e. The normalized spacial score (nSPS) is 12.3. The molecule has 5 heteroatoms. The Balaban J connectivity index is 2.01. The average Bonchev–Trinajstić information content (AvgIpc) is 3.04. The smallest absolute Gasteiger partial charge is 0.240 e. The van der Waals surface area contributed by atoms with Gasteiger partial charge in [-0.05, 0) is 48.5 Å². The molecule has 1 heterocycles. The lowest BCUT2D eigenvalue weighted by Crippen LogP contribution is -2.46. The predicted molar refractivity (Wildman–Crippen MR) is 96.4 cm³/mol. The minimum atomic E-state index is -0.502. The van der Waals surface area contributed by atoms with Crippen molar-refractivity contribution in [3.63, 3.8) is 0 Å². The van der Waals surface area contributed by atoms with Gasteiger partial charge in [0.2, 0.25) is 5.91 Å². The minimum Gasteiger partial charge on any atom is -0.336 e. The van der Waals surface area contributed by atoms with Crippen molar-refractivity contribution in [2.24, 2.45) is 5.73 Å². The quantitative estimate of drug-likeness (QED) is 0.807. The number of nitrogens with two attached hydrogens (primary N) is 1. The molecule has 0 radical (unpaired) electrons. The van der Waals surface area contributed by atoms with E-state index in [1.165, 1.54) is 0 Å². The van der Waals surface area contributed by atoms with Gasteiger partial charge >= 0.3 is 0 Å². The third kappa shape index (κ3) is 5.78. The third-order valence-electron chi connectivity index (χ3n) is 3.70. The Morgan fingerprint density at radius 1 is 1.13 bits per heavy atom. The van der Waals surface area contributed by atoms with E-state index < -0.39 is 6.04 Å². The van der Waals surface area contributed by atoms with Crippen LogP contribution in [0, 0.1) is 0 Å². The Morgan fingerprint density at radius 2 is 1.87 bits per heavy atom. The van der Waals surface area contributed by atoms with Crippen LogP contribution in [0.15, 0.2) is 47.2 Å². The van der Waals surface area contributed by atoms with Crippen LogP contribution in [0.4, 0.5) is 0 Å². The van der Waals surface area contributed by atoms with E-state index in [1.807, 2.05) is 54.7 Å². The molecule has 0 bridgehead atoms. The fraction of sp³-hybridized carbons (Fsp3) is 0.389. The van der Waals surface area contributed by atoms with Gasteiger partial charge in [0.15, 0.2) is 0 Å². The van der Waals surface area contributed by atoms with Crippen LogP contribution < -0.4 is 5.73 Å². The SMILES string of the molecule is CN(C)CCN(Cc1ccsc1)C(=O)[C@@H](N)Cc1ccccc1. The number of benzene rings is 1. The van der Waals surface area contributed by atoms with Crippen molar-refractivity contribution in [2.75, 3.05) is 27.2 Å². The number of carbonyl (C=O) groups excluding carboxylic acids is 1. The molecule has 2 N–H and O–H groups in total. The van der Waals surface area contributed by atoms with Crippen LogP contribution in [-0.4, -0.2) is 48.9 Å². The zero-order valence-corrected chi connectivity index (χ0v) is 14.6. The lowest BCUT2D eigenvalue weighted by molar-refractivity contribution is -0.133. The first-order valence-corrected chi connectivity index (χ1v) is 8.74. The van der Waals surface area contributed by atoms with E-state index in [4.69, 9.17) is 5.73 Å². The summed E-state index contributed by atoms with van der Waals surface area (Å²) < 4.78 is 0. The Kier molecular flexibility index (Phi) is 6.77. The second kappa shape index (κ2) is 8.82. The standard InChI is InChI=1S/C18H25N3OS/c1-20(2)9-10-21(13-16-8-11-23-14-16)18(22)17(19)12-15-6-4-3-5-7-15/h3-8,11,14,17H,9-10,12-13,19H2,1-2H3/t17-/m0/s1. The van der Waals surface area contributed by atoms with Crippen molar-refractivity contribution in [2.45, 2.75) is 19.0 Å². The summed E-state index contributed by atoms with van der Waals surface area (Å²) in [7, 11) is 4.02. The molecule has 2 rings (SSSR count). The highest BCUT2D eigenvalue weighted by atomic mass is 32.1. The van der Waals surface area contributed by atoms with Crippen molar-refractivity contribution in [1.82, 2.24) is 9.80 Å². The van der Waals surface area contributed by atoms with E-state index >= 15 is 0 Å². The molecule has 23 heavy (non-hydrogen) atoms. The number of nitrogens with zero attached hydrogens (tertiary/aromatic N) is 2. The molecule has 1 atom stereocenters. The lowest BCUT2D eigenvalue weighted by Gasteiger charge is -2.27. The molecule has 0 aliphatic rings. The number of hydrogen-bond donors (Lipinski definition) is 1. The highest BCUT2D eigenvalue weighted by molar-refractivity contribution is 7.07. The first-order chi connectivity index (χ1) is 11.1. The predicted octanol–water partition coefficient (Wildman–Crippen LogP) is 2.21. The molecule has 1 aromatic heterocycles. The van der Waals surface area contributed by atoms with Gasteiger partial charge in [-0.1, -0.05) is 30.3 Å². The molecule has 124 valence electrons. The third-order valence-corrected chi connectivity index (χ3v) is 4.43. The molecule has 0 spiro atoms. The second-order valence-electron chi connectivity index (χ2n) is 5.99. The van der Waals surface area contributed by atoms with Crippen LogP contribution in [0.3, 0.4) is 0 Å². The Bertz CT molecular complexity index is 584. The highest BCUT2D eigenvalue weighted by Crippen LogP contribution is 2.12. The number of thiophene rings is 1. The number of likely N-dealkylation sites (N-methyl/N-ethyl adjacent to an activating group) is 1. The fourth-order valence-electron chi connectivity index (χ4n) is 2.38. The Hall–Kier alpha value is -1.69. The molecule has 0 saturated carbocycles. The van der Waals surface area contributed by atoms with Crippen LogP contribution in [0.1, 0.15) is 11.1 Å². The maximum Gasteiger partial charge on any atom is 0.240 e. The summed E-state index contributed by atoms with van der Waals surface area (Å²) in [5.41, 5.74) is 8.44. The van der Waals surface area contributed by atoms with Gasteiger partial charge in [-0.15, -0.1) is 0 Å². The van der Waals surface area contributed by atoms with Crippen molar-refractivity contribution >= 4 is 17.2 Å². The van der Waals surface area contributed by atoms with Gasteiger partial charge in [-0.25, -0.2) is 0 Å². The molecule has 1 aromatic carbocycles. The van der Waals surface area contributed by atoms with E-state index in [9.17, 15) is 4.79 Å². The summed E-state index contributed by atoms with van der Waals surface area (Å²) in [5, 5.41) is 4.12. The molecular formula is C18H25N3OS. The van der Waals surface area contributed by atoms with Gasteiger partial charge in [-0.3, -0.25) is 4.79 Å². The summed E-state index contributed by atoms with van der Waals surface area (Å²) in [6.07, 6.45) is 0.571. The van der Waals surface area contributed by atoms with Crippen molar-refractivity contribution in [3.8, 4) is 0 Å². The van der Waals surface area contributed by atoms with E-state index in [0.717, 1.165) is 17.7 Å². The Labute approximate surface area is 142 Å². The lowest BCUT2D eigenvalue weighted by atomic mass is 10.1. The van der Waals surface area contributed by atoms with Gasteiger partial charge < -0.3 is 15.5 Å². The molecular weight excluding hydrogens is 306 g/mol. The van der Waals surface area contributed by atoms with Gasteiger partial charge in [-0.2, -0.15) is 11.3 Å². The summed E-state index contributed by atoms with van der Waals surface area (Å²) >= 11 is 1.65. The number of carbonyl (C=O) groups is 1. The monoisotopic (exact) mass is 331 g/mol. The molecule has 4 nitrogen and oxygen atoms in total. The topological polar surface area (TPSA) is 49.6 Å². The van der Waals surface area contributed by atoms with Gasteiger partial charge in [0, 0.05) is 19.6 Å². The Morgan fingerprint density at radius 3 is 2.48 bits per heavy atom. The minimum absolute atomic E-state index is 0.0157. The van der Waals surface area contributed by atoms with E-state index in [1.54, 1.807) is 11.3 Å². The van der Waals surface area contributed by atoms with Crippen LogP contribution >= 0.6 is 11.3 Å². The molecule has 0 aliphatic heterocycles. The zero-order valence-electron chi connectivity index (χ0n) is 13.8. The average molecular weight is 331 g/mol. The number of rotatable bonds is 8. The summed E-state index contributed by atoms with van der Waals surface area (Å²) in [6.45, 7) is 2.14. The summed E-state index contributed by atoms with van der Waals surface area (Å²) in [5.74, 6) is 0.0157. The first kappa shape index (κ1) is 17.7. The van der Waals surface area contributed by atoms with Crippen LogP contribution in [0.2, 0.25) is 0 Å². The van der Waals surface area contributed by atoms with Crippen molar-refractivity contribution < 1.29 is 4.79 Å². The highest BCUT2D eigenvalue weighted by Gasteiger charge is 2.21. The van der Waals surface area contributed by atoms with E-state index in [0.29, 0.717) is 19.5 Å². The molecule has 2 aromatic rings. The molecule has 0 saturated heterocycles. The fourth-order valence-corrected chi connectivity index (χ4v) is 3.04.